The summed E-state index contributed by atoms with van der Waals surface area (Å²) in [6, 6.07) is 12.2. The molecule has 1 fully saturated rings. The monoisotopic (exact) mass is 372 g/mol. The minimum atomic E-state index is -0.894. The van der Waals surface area contributed by atoms with Crippen molar-refractivity contribution in [3.05, 3.63) is 54.3 Å². The zero-order valence-electron chi connectivity index (χ0n) is 14.9. The number of rotatable bonds is 4. The zero-order chi connectivity index (χ0) is 19.4. The Bertz CT molecular complexity index is 842. The topological polar surface area (TPSA) is 78.9 Å². The molecule has 6 nitrogen and oxygen atoms in total. The number of nitrogens with zero attached hydrogens (tertiary/aromatic N) is 1. The number of carbonyl (C=O) groups is 2. The van der Waals surface area contributed by atoms with Crippen molar-refractivity contribution < 1.29 is 23.8 Å². The molecule has 2 atom stereocenters. The third kappa shape index (κ3) is 4.75. The Morgan fingerprint density at radius 3 is 2.70 bits per heavy atom. The van der Waals surface area contributed by atoms with Crippen molar-refractivity contribution in [3.8, 4) is 11.5 Å². The lowest BCUT2D eigenvalue weighted by Gasteiger charge is -2.34. The number of halogens is 1. The average molecular weight is 372 g/mol. The van der Waals surface area contributed by atoms with Gasteiger partial charge in [0.2, 0.25) is 0 Å². The second kappa shape index (κ2) is 8.07. The van der Waals surface area contributed by atoms with E-state index in [4.69, 9.17) is 4.74 Å². The van der Waals surface area contributed by atoms with Crippen molar-refractivity contribution in [1.82, 2.24) is 4.90 Å². The van der Waals surface area contributed by atoms with E-state index in [0.717, 1.165) is 0 Å². The van der Waals surface area contributed by atoms with Gasteiger partial charge >= 0.3 is 12.0 Å². The van der Waals surface area contributed by atoms with E-state index in [1.54, 1.807) is 30.3 Å². The number of carboxylic acid groups (broad SMARTS) is 1. The number of benzene rings is 2. The number of hydrogen-bond donors (Lipinski definition) is 2. The van der Waals surface area contributed by atoms with Gasteiger partial charge in [0, 0.05) is 19.2 Å². The number of para-hydroxylation sites is 2. The third-order valence-electron chi connectivity index (χ3n) is 4.45. The van der Waals surface area contributed by atoms with Crippen LogP contribution in [0.1, 0.15) is 13.3 Å². The Balaban J connectivity index is 1.73. The van der Waals surface area contributed by atoms with Crippen LogP contribution in [-0.2, 0) is 4.79 Å². The summed E-state index contributed by atoms with van der Waals surface area (Å²) in [5, 5.41) is 12.0. The molecule has 27 heavy (non-hydrogen) atoms. The summed E-state index contributed by atoms with van der Waals surface area (Å²) < 4.78 is 19.0. The number of amides is 2. The van der Waals surface area contributed by atoms with Gasteiger partial charge in [0.25, 0.3) is 0 Å². The van der Waals surface area contributed by atoms with Gasteiger partial charge in [-0.2, -0.15) is 0 Å². The lowest BCUT2D eigenvalue weighted by molar-refractivity contribution is -0.143. The summed E-state index contributed by atoms with van der Waals surface area (Å²) in [5.74, 6) is -1.10. The summed E-state index contributed by atoms with van der Waals surface area (Å²) in [4.78, 5) is 25.5. The van der Waals surface area contributed by atoms with Gasteiger partial charge in [0.1, 0.15) is 11.6 Å². The summed E-state index contributed by atoms with van der Waals surface area (Å²) in [5.41, 5.74) is 0.428. The van der Waals surface area contributed by atoms with Crippen molar-refractivity contribution in [1.29, 1.82) is 0 Å². The van der Waals surface area contributed by atoms with E-state index in [1.165, 1.54) is 23.1 Å². The van der Waals surface area contributed by atoms with Crippen LogP contribution in [0.4, 0.5) is 14.9 Å². The molecule has 1 aliphatic heterocycles. The maximum Gasteiger partial charge on any atom is 0.321 e. The Morgan fingerprint density at radius 2 is 1.96 bits per heavy atom. The third-order valence-corrected chi connectivity index (χ3v) is 4.45. The van der Waals surface area contributed by atoms with Crippen molar-refractivity contribution in [2.24, 2.45) is 11.8 Å². The standard InChI is InChI=1S/C20H21FN2O4/c1-13-9-14(19(24)25)12-23(11-13)20(26)22-17-7-2-3-8-18(17)27-16-6-4-5-15(21)10-16/h2-8,10,13-14H,9,11-12H2,1H3,(H,22,26)(H,24,25). The van der Waals surface area contributed by atoms with Gasteiger partial charge in [0.05, 0.1) is 11.6 Å². The number of carboxylic acids is 1. The fourth-order valence-electron chi connectivity index (χ4n) is 3.21. The molecule has 0 bridgehead atoms. The minimum Gasteiger partial charge on any atom is -0.481 e. The number of likely N-dealkylation sites (tertiary alicyclic amines) is 1. The molecule has 1 heterocycles. The second-order valence-electron chi connectivity index (χ2n) is 6.77. The van der Waals surface area contributed by atoms with Gasteiger partial charge in [-0.1, -0.05) is 25.1 Å². The van der Waals surface area contributed by atoms with Crippen LogP contribution in [0.15, 0.2) is 48.5 Å². The van der Waals surface area contributed by atoms with E-state index in [1.807, 2.05) is 6.92 Å². The number of urea groups is 1. The highest BCUT2D eigenvalue weighted by Gasteiger charge is 2.32. The van der Waals surface area contributed by atoms with E-state index in [9.17, 15) is 19.1 Å². The Kier molecular flexibility index (Phi) is 5.59. The summed E-state index contributed by atoms with van der Waals surface area (Å²) >= 11 is 0. The number of nitrogens with one attached hydrogen (secondary N) is 1. The van der Waals surface area contributed by atoms with Crippen LogP contribution in [-0.4, -0.2) is 35.1 Å². The van der Waals surface area contributed by atoms with E-state index in [2.05, 4.69) is 5.32 Å². The highest BCUT2D eigenvalue weighted by atomic mass is 19.1. The fourth-order valence-corrected chi connectivity index (χ4v) is 3.21. The molecule has 0 spiro atoms. The lowest BCUT2D eigenvalue weighted by atomic mass is 9.91. The van der Waals surface area contributed by atoms with Crippen molar-refractivity contribution in [3.63, 3.8) is 0 Å². The van der Waals surface area contributed by atoms with Crippen molar-refractivity contribution in [2.45, 2.75) is 13.3 Å². The predicted molar refractivity (Wildman–Crippen MR) is 98.4 cm³/mol. The number of ether oxygens (including phenoxy) is 1. The second-order valence-corrected chi connectivity index (χ2v) is 6.77. The molecule has 2 amide bonds. The molecule has 2 aromatic rings. The van der Waals surface area contributed by atoms with Gasteiger partial charge in [-0.3, -0.25) is 4.79 Å². The summed E-state index contributed by atoms with van der Waals surface area (Å²) in [6.45, 7) is 2.58. The first-order valence-electron chi connectivity index (χ1n) is 8.73. The molecule has 0 saturated carbocycles. The first-order valence-corrected chi connectivity index (χ1v) is 8.73. The predicted octanol–water partition coefficient (Wildman–Crippen LogP) is 4.19. The molecular formula is C20H21FN2O4. The average Bonchev–Trinajstić information content (AvgIpc) is 2.63. The SMILES string of the molecule is CC1CC(C(=O)O)CN(C(=O)Nc2ccccc2Oc2cccc(F)c2)C1. The minimum absolute atomic E-state index is 0.101. The van der Waals surface area contributed by atoms with Crippen LogP contribution in [0.5, 0.6) is 11.5 Å². The molecule has 1 saturated heterocycles. The van der Waals surface area contributed by atoms with Crippen LogP contribution < -0.4 is 10.1 Å². The summed E-state index contributed by atoms with van der Waals surface area (Å²) in [6.07, 6.45) is 0.554. The van der Waals surface area contributed by atoms with E-state index in [0.29, 0.717) is 30.2 Å². The molecule has 7 heteroatoms. The van der Waals surface area contributed by atoms with Crippen molar-refractivity contribution in [2.75, 3.05) is 18.4 Å². The van der Waals surface area contributed by atoms with Gasteiger partial charge in [0.15, 0.2) is 5.75 Å². The first kappa shape index (κ1) is 18.7. The quantitative estimate of drug-likeness (QED) is 0.843. The normalized spacial score (nSPS) is 19.4. The maximum atomic E-state index is 13.4. The Hall–Kier alpha value is -3.09. The van der Waals surface area contributed by atoms with Gasteiger partial charge in [-0.25, -0.2) is 9.18 Å². The maximum absolute atomic E-state index is 13.4. The van der Waals surface area contributed by atoms with Crippen LogP contribution in [0.25, 0.3) is 0 Å². The number of aliphatic carboxylic acids is 1. The number of carbonyl (C=O) groups excluding carboxylic acids is 1. The number of piperidine rings is 1. The number of anilines is 1. The van der Waals surface area contributed by atoms with Crippen molar-refractivity contribution >= 4 is 17.7 Å². The molecule has 2 aromatic carbocycles. The highest BCUT2D eigenvalue weighted by Crippen LogP contribution is 2.30. The summed E-state index contributed by atoms with van der Waals surface area (Å²) in [7, 11) is 0. The molecular weight excluding hydrogens is 351 g/mol. The van der Waals surface area contributed by atoms with E-state index < -0.39 is 17.7 Å². The first-order chi connectivity index (χ1) is 12.9. The molecule has 0 aliphatic carbocycles. The molecule has 2 N–H and O–H groups in total. The largest absolute Gasteiger partial charge is 0.481 e. The molecule has 3 rings (SSSR count). The van der Waals surface area contributed by atoms with Gasteiger partial charge in [-0.05, 0) is 36.6 Å². The zero-order valence-corrected chi connectivity index (χ0v) is 14.9. The van der Waals surface area contributed by atoms with E-state index >= 15 is 0 Å². The van der Waals surface area contributed by atoms with Gasteiger partial charge < -0.3 is 20.1 Å². The number of hydrogen-bond acceptors (Lipinski definition) is 3. The molecule has 2 unspecified atom stereocenters. The lowest BCUT2D eigenvalue weighted by Crippen LogP contribution is -2.47. The molecule has 1 aliphatic rings. The Labute approximate surface area is 156 Å². The van der Waals surface area contributed by atoms with Gasteiger partial charge in [-0.15, -0.1) is 0 Å². The molecule has 142 valence electrons. The smallest absolute Gasteiger partial charge is 0.321 e. The van der Waals surface area contributed by atoms with E-state index in [-0.39, 0.29) is 18.5 Å². The molecule has 0 radical (unpaired) electrons. The van der Waals surface area contributed by atoms with Crippen LogP contribution in [0.3, 0.4) is 0 Å². The van der Waals surface area contributed by atoms with Crippen LogP contribution >= 0.6 is 0 Å². The van der Waals surface area contributed by atoms with Crippen LogP contribution in [0.2, 0.25) is 0 Å². The highest BCUT2D eigenvalue weighted by molar-refractivity contribution is 5.91. The Morgan fingerprint density at radius 1 is 1.19 bits per heavy atom. The fraction of sp³-hybridized carbons (Fsp3) is 0.300. The van der Waals surface area contributed by atoms with Crippen LogP contribution in [0, 0.1) is 17.7 Å². The molecule has 0 aromatic heterocycles.